The van der Waals surface area contributed by atoms with E-state index in [9.17, 15) is 13.2 Å². The fraction of sp³-hybridized carbons (Fsp3) is 0.0909. The van der Waals surface area contributed by atoms with E-state index in [1.165, 1.54) is 11.1 Å². The fourth-order valence-corrected chi connectivity index (χ4v) is 8.33. The van der Waals surface area contributed by atoms with Gasteiger partial charge < -0.3 is 9.47 Å². The Morgan fingerprint density at radius 1 is 0.566 bits per heavy atom. The van der Waals surface area contributed by atoms with Gasteiger partial charge in [-0.15, -0.1) is 0 Å². The van der Waals surface area contributed by atoms with Crippen LogP contribution in [0.1, 0.15) is 30.7 Å². The fourth-order valence-electron chi connectivity index (χ4n) is 7.60. The van der Waals surface area contributed by atoms with E-state index >= 15 is 0 Å². The third kappa shape index (κ3) is 5.65. The summed E-state index contributed by atoms with van der Waals surface area (Å²) >= 11 is 7.20. The number of nitrogens with zero attached hydrogens (tertiary/aromatic N) is 4. The number of rotatable bonds is 4. The Hall–Kier alpha value is -5.25. The predicted molar refractivity (Wildman–Crippen MR) is 214 cm³/mol. The van der Waals surface area contributed by atoms with Gasteiger partial charge in [-0.1, -0.05) is 94.2 Å². The zero-order valence-electron chi connectivity index (χ0n) is 28.5. The number of alkyl halides is 3. The zero-order valence-corrected chi connectivity index (χ0v) is 31.6. The minimum atomic E-state index is -4.66. The molecular formula is C44H29Br2F3N4. The van der Waals surface area contributed by atoms with Crippen molar-refractivity contribution < 1.29 is 13.2 Å². The molecule has 9 heteroatoms. The summed E-state index contributed by atoms with van der Waals surface area (Å²) in [6.07, 6.45) is -4.66. The SMILES string of the molecule is CC1(C)c2ccccc2N(c2ccc(-c3cc(C(F)(F)F)nc(-c4ccc(-n5c6ccc(Br)cc6c6cc(Br)ccc65)cc4)n3)cc2)c2ccccc21. The average molecular weight is 831 g/mol. The third-order valence-electron chi connectivity index (χ3n) is 10.1. The third-order valence-corrected chi connectivity index (χ3v) is 11.1. The van der Waals surface area contributed by atoms with E-state index in [0.29, 0.717) is 11.1 Å². The van der Waals surface area contributed by atoms with Gasteiger partial charge in [0.15, 0.2) is 5.82 Å². The number of benzene rings is 6. The largest absolute Gasteiger partial charge is 0.433 e. The van der Waals surface area contributed by atoms with Crippen molar-refractivity contribution >= 4 is 70.7 Å². The predicted octanol–water partition coefficient (Wildman–Crippen LogP) is 13.6. The second-order valence-corrected chi connectivity index (χ2v) is 15.5. The molecule has 0 aliphatic carbocycles. The van der Waals surface area contributed by atoms with E-state index in [1.807, 2.05) is 60.7 Å². The van der Waals surface area contributed by atoms with Crippen LogP contribution in [0.25, 0.3) is 50.1 Å². The molecule has 0 fully saturated rings. The number of para-hydroxylation sites is 2. The quantitative estimate of drug-likeness (QED) is 0.177. The van der Waals surface area contributed by atoms with Crippen molar-refractivity contribution in [3.05, 3.63) is 165 Å². The summed E-state index contributed by atoms with van der Waals surface area (Å²) in [4.78, 5) is 10.9. The molecule has 0 bridgehead atoms. The molecule has 53 heavy (non-hydrogen) atoms. The van der Waals surface area contributed by atoms with Crippen LogP contribution in [0.3, 0.4) is 0 Å². The maximum atomic E-state index is 14.3. The topological polar surface area (TPSA) is 34.0 Å². The summed E-state index contributed by atoms with van der Waals surface area (Å²) in [5, 5.41) is 2.16. The molecule has 1 aliphatic heterocycles. The molecular weight excluding hydrogens is 801 g/mol. The lowest BCUT2D eigenvalue weighted by Gasteiger charge is -2.42. The maximum Gasteiger partial charge on any atom is 0.433 e. The van der Waals surface area contributed by atoms with Crippen LogP contribution in [-0.2, 0) is 11.6 Å². The molecule has 0 saturated carbocycles. The number of hydrogen-bond donors (Lipinski definition) is 0. The Morgan fingerprint density at radius 3 is 1.62 bits per heavy atom. The molecule has 0 spiro atoms. The van der Waals surface area contributed by atoms with Crippen molar-refractivity contribution in [1.29, 1.82) is 0 Å². The molecule has 0 atom stereocenters. The second-order valence-electron chi connectivity index (χ2n) is 13.7. The van der Waals surface area contributed by atoms with Crippen molar-refractivity contribution in [2.45, 2.75) is 25.4 Å². The van der Waals surface area contributed by atoms with Gasteiger partial charge in [0.25, 0.3) is 0 Å². The van der Waals surface area contributed by atoms with Crippen LogP contribution in [0.15, 0.2) is 148 Å². The minimum Gasteiger partial charge on any atom is -0.310 e. The Kier molecular flexibility index (Phi) is 7.87. The highest BCUT2D eigenvalue weighted by atomic mass is 79.9. The van der Waals surface area contributed by atoms with Gasteiger partial charge in [0.05, 0.1) is 28.1 Å². The molecule has 6 aromatic carbocycles. The van der Waals surface area contributed by atoms with E-state index in [-0.39, 0.29) is 16.9 Å². The van der Waals surface area contributed by atoms with Crippen molar-refractivity contribution in [3.63, 3.8) is 0 Å². The highest BCUT2D eigenvalue weighted by molar-refractivity contribution is 9.10. The molecule has 260 valence electrons. The summed E-state index contributed by atoms with van der Waals surface area (Å²) in [5.74, 6) is 0.00153. The van der Waals surface area contributed by atoms with E-state index in [0.717, 1.165) is 59.6 Å². The van der Waals surface area contributed by atoms with Gasteiger partial charge in [0, 0.05) is 47.6 Å². The van der Waals surface area contributed by atoms with E-state index in [1.54, 1.807) is 12.1 Å². The van der Waals surface area contributed by atoms with Gasteiger partial charge in [-0.3, -0.25) is 0 Å². The standard InChI is InChI=1S/C44H29Br2F3N4/c1-43(2)34-7-3-5-9-39(34)53(40-10-6-4-8-35(40)43)31-17-11-26(12-18-31)36-25-41(44(47,48)49)51-42(50-36)27-13-19-30(20-14-27)52-37-21-15-28(45)23-32(37)33-24-29(46)16-22-38(33)52/h3-25H,1-2H3. The number of aromatic nitrogens is 3. The lowest BCUT2D eigenvalue weighted by atomic mass is 9.73. The average Bonchev–Trinajstić information content (AvgIpc) is 3.47. The van der Waals surface area contributed by atoms with Crippen LogP contribution >= 0.6 is 31.9 Å². The van der Waals surface area contributed by atoms with Gasteiger partial charge in [-0.25, -0.2) is 9.97 Å². The molecule has 0 radical (unpaired) electrons. The monoisotopic (exact) mass is 828 g/mol. The summed E-state index contributed by atoms with van der Waals surface area (Å²) in [7, 11) is 0. The van der Waals surface area contributed by atoms with Gasteiger partial charge in [0.2, 0.25) is 0 Å². The van der Waals surface area contributed by atoms with Crippen LogP contribution in [0.4, 0.5) is 30.2 Å². The smallest absolute Gasteiger partial charge is 0.310 e. The molecule has 4 nitrogen and oxygen atoms in total. The van der Waals surface area contributed by atoms with Crippen LogP contribution < -0.4 is 4.90 Å². The lowest BCUT2D eigenvalue weighted by Crippen LogP contribution is -2.30. The maximum absolute atomic E-state index is 14.3. The Balaban J connectivity index is 1.11. The first-order valence-corrected chi connectivity index (χ1v) is 18.6. The van der Waals surface area contributed by atoms with Crippen molar-refractivity contribution in [2.75, 3.05) is 4.90 Å². The number of anilines is 3. The van der Waals surface area contributed by atoms with E-state index < -0.39 is 11.9 Å². The van der Waals surface area contributed by atoms with Crippen LogP contribution in [0.2, 0.25) is 0 Å². The second kappa shape index (κ2) is 12.4. The minimum absolute atomic E-state index is 0.00153. The van der Waals surface area contributed by atoms with Crippen LogP contribution in [-0.4, -0.2) is 14.5 Å². The van der Waals surface area contributed by atoms with E-state index in [2.05, 4.69) is 121 Å². The Bertz CT molecular complexity index is 2610. The number of fused-ring (bicyclic) bond motifs is 5. The summed E-state index contributed by atoms with van der Waals surface area (Å²) in [5.41, 5.74) is 8.34. The van der Waals surface area contributed by atoms with Crippen LogP contribution in [0.5, 0.6) is 0 Å². The highest BCUT2D eigenvalue weighted by Crippen LogP contribution is 2.51. The van der Waals surface area contributed by atoms with Crippen LogP contribution in [0, 0.1) is 0 Å². The van der Waals surface area contributed by atoms with Gasteiger partial charge in [-0.2, -0.15) is 13.2 Å². The molecule has 9 rings (SSSR count). The molecule has 3 heterocycles. The number of hydrogen-bond acceptors (Lipinski definition) is 3. The molecule has 0 saturated heterocycles. The molecule has 8 aromatic rings. The highest BCUT2D eigenvalue weighted by Gasteiger charge is 2.37. The summed E-state index contributed by atoms with van der Waals surface area (Å²) in [6.45, 7) is 4.46. The first kappa shape index (κ1) is 33.6. The molecule has 0 unspecified atom stereocenters. The van der Waals surface area contributed by atoms with Crippen molar-refractivity contribution in [3.8, 4) is 28.3 Å². The normalized spacial score (nSPS) is 13.7. The Labute approximate surface area is 320 Å². The Morgan fingerprint density at radius 2 is 1.08 bits per heavy atom. The summed E-state index contributed by atoms with van der Waals surface area (Å²) in [6, 6.07) is 44.9. The van der Waals surface area contributed by atoms with Gasteiger partial charge in [-0.05, 0) is 102 Å². The zero-order chi connectivity index (χ0) is 36.6. The molecule has 1 aliphatic rings. The first-order valence-electron chi connectivity index (χ1n) is 17.0. The first-order chi connectivity index (χ1) is 25.5. The number of halogens is 5. The summed E-state index contributed by atoms with van der Waals surface area (Å²) < 4.78 is 47.1. The van der Waals surface area contributed by atoms with Crippen molar-refractivity contribution in [2.24, 2.45) is 0 Å². The van der Waals surface area contributed by atoms with E-state index in [4.69, 9.17) is 4.98 Å². The molecule has 2 aromatic heterocycles. The lowest BCUT2D eigenvalue weighted by molar-refractivity contribution is -0.141. The van der Waals surface area contributed by atoms with Gasteiger partial charge in [0.1, 0.15) is 5.69 Å². The molecule has 0 N–H and O–H groups in total. The molecule has 0 amide bonds. The van der Waals surface area contributed by atoms with Crippen molar-refractivity contribution in [1.82, 2.24) is 14.5 Å². The van der Waals surface area contributed by atoms with Gasteiger partial charge >= 0.3 is 6.18 Å².